The Bertz CT molecular complexity index is 2830. The fourth-order valence-electron chi connectivity index (χ4n) is 10.1. The van der Waals surface area contributed by atoms with E-state index in [0.29, 0.717) is 0 Å². The molecule has 0 aliphatic heterocycles. The average Bonchev–Trinajstić information content (AvgIpc) is 3.80. The number of benzene rings is 7. The van der Waals surface area contributed by atoms with Gasteiger partial charge in [0, 0.05) is 5.69 Å². The Hall–Kier alpha value is -6.70. The first kappa shape index (κ1) is 34.8. The van der Waals surface area contributed by atoms with Gasteiger partial charge in [-0.1, -0.05) is 183 Å². The molecule has 0 fully saturated rings. The van der Waals surface area contributed by atoms with Crippen molar-refractivity contribution in [3.63, 3.8) is 0 Å². The van der Waals surface area contributed by atoms with Crippen LogP contribution in [0.4, 0.5) is 5.69 Å². The van der Waals surface area contributed by atoms with Gasteiger partial charge in [0.2, 0.25) is 0 Å². The molecule has 10 rings (SSSR count). The van der Waals surface area contributed by atoms with E-state index in [0.717, 1.165) is 30.5 Å². The van der Waals surface area contributed by atoms with Gasteiger partial charge in [-0.15, -0.1) is 0 Å². The zero-order valence-electron chi connectivity index (χ0n) is 32.6. The molecular weight excluding hydrogens is 687 g/mol. The van der Waals surface area contributed by atoms with E-state index in [4.69, 9.17) is 5.73 Å². The molecule has 7 aromatic rings. The van der Waals surface area contributed by atoms with E-state index >= 15 is 0 Å². The molecule has 1 unspecified atom stereocenters. The number of nitrogen functional groups attached to an aromatic ring is 1. The maximum absolute atomic E-state index is 7.09. The number of fused-ring (bicyclic) bond motifs is 6. The van der Waals surface area contributed by atoms with Gasteiger partial charge in [0.15, 0.2) is 0 Å². The van der Waals surface area contributed by atoms with E-state index in [1.807, 2.05) is 0 Å². The normalized spacial score (nSPS) is 17.4. The standard InChI is InChI=1S/C56H45N/c1-3-44(55(40-17-6-4-7-18-40)41-19-8-5-9-20-41)37(2)38-29-31-39(32-30-38)42-33-34-48-47-23-12-13-25-50(47)56(53(48)36-42,52-26-14-15-28-54(52)57)51-27-16-24-46-45-22-11-10-21-43(45)35-49(46)51/h4-19,21-34,36H,3,20,35,57H2,1-2H3/b44-37+,55-41-. The lowest BCUT2D eigenvalue weighted by atomic mass is 9.65. The quantitative estimate of drug-likeness (QED) is 0.162. The minimum atomic E-state index is -0.597. The van der Waals surface area contributed by atoms with Crippen LogP contribution in [0.1, 0.15) is 71.2 Å². The van der Waals surface area contributed by atoms with Gasteiger partial charge >= 0.3 is 0 Å². The van der Waals surface area contributed by atoms with Crippen LogP contribution in [0.2, 0.25) is 0 Å². The van der Waals surface area contributed by atoms with Gasteiger partial charge < -0.3 is 5.73 Å². The molecule has 0 radical (unpaired) electrons. The van der Waals surface area contributed by atoms with Crippen molar-refractivity contribution in [2.45, 2.75) is 38.5 Å². The Balaban J connectivity index is 1.14. The smallest absolute Gasteiger partial charge is 0.0736 e. The van der Waals surface area contributed by atoms with Crippen molar-refractivity contribution in [1.82, 2.24) is 0 Å². The van der Waals surface area contributed by atoms with Crippen molar-refractivity contribution in [2.75, 3.05) is 5.73 Å². The number of hydrogen-bond donors (Lipinski definition) is 1. The van der Waals surface area contributed by atoms with Gasteiger partial charge in [-0.25, -0.2) is 0 Å². The highest BCUT2D eigenvalue weighted by molar-refractivity contribution is 5.93. The monoisotopic (exact) mass is 731 g/mol. The molecule has 57 heavy (non-hydrogen) atoms. The summed E-state index contributed by atoms with van der Waals surface area (Å²) >= 11 is 0. The van der Waals surface area contributed by atoms with Crippen LogP contribution in [-0.2, 0) is 11.8 Å². The van der Waals surface area contributed by atoms with Crippen molar-refractivity contribution in [3.05, 3.63) is 244 Å². The summed E-state index contributed by atoms with van der Waals surface area (Å²) in [4.78, 5) is 0. The number of allylic oxidation sites excluding steroid dienone is 8. The Morgan fingerprint density at radius 3 is 2.00 bits per heavy atom. The Morgan fingerprint density at radius 1 is 0.561 bits per heavy atom. The maximum atomic E-state index is 7.09. The summed E-state index contributed by atoms with van der Waals surface area (Å²) in [6, 6.07) is 60.6. The fourth-order valence-corrected chi connectivity index (χ4v) is 10.1. The van der Waals surface area contributed by atoms with E-state index in [2.05, 4.69) is 202 Å². The first-order chi connectivity index (χ1) is 28.1. The second-order valence-electron chi connectivity index (χ2n) is 15.6. The third kappa shape index (κ3) is 5.52. The molecule has 0 heterocycles. The zero-order chi connectivity index (χ0) is 38.5. The molecule has 0 aromatic heterocycles. The predicted molar refractivity (Wildman–Crippen MR) is 241 cm³/mol. The summed E-state index contributed by atoms with van der Waals surface area (Å²) in [6.07, 6.45) is 11.6. The van der Waals surface area contributed by atoms with Crippen LogP contribution in [0, 0.1) is 0 Å². The second kappa shape index (κ2) is 14.1. The molecular formula is C56H45N. The van der Waals surface area contributed by atoms with Gasteiger partial charge in [-0.2, -0.15) is 0 Å². The highest BCUT2D eigenvalue weighted by atomic mass is 14.6. The van der Waals surface area contributed by atoms with Gasteiger partial charge in [0.1, 0.15) is 0 Å². The van der Waals surface area contributed by atoms with E-state index in [9.17, 15) is 0 Å². The molecule has 2 N–H and O–H groups in total. The Kier molecular flexibility index (Phi) is 8.60. The molecule has 3 aliphatic rings. The molecule has 7 aromatic carbocycles. The van der Waals surface area contributed by atoms with Gasteiger partial charge in [0.25, 0.3) is 0 Å². The average molecular weight is 732 g/mol. The van der Waals surface area contributed by atoms with Crippen molar-refractivity contribution >= 4 is 16.8 Å². The third-order valence-corrected chi connectivity index (χ3v) is 12.7. The number of para-hydroxylation sites is 1. The number of anilines is 1. The van der Waals surface area contributed by atoms with Gasteiger partial charge in [0.05, 0.1) is 5.41 Å². The molecule has 1 atom stereocenters. The summed E-state index contributed by atoms with van der Waals surface area (Å²) in [5.41, 5.74) is 30.6. The summed E-state index contributed by atoms with van der Waals surface area (Å²) in [5, 5.41) is 0. The zero-order valence-corrected chi connectivity index (χ0v) is 32.6. The van der Waals surface area contributed by atoms with Crippen LogP contribution in [0.25, 0.3) is 44.5 Å². The molecule has 0 saturated heterocycles. The van der Waals surface area contributed by atoms with Gasteiger partial charge in [-0.3, -0.25) is 0 Å². The first-order valence-electron chi connectivity index (χ1n) is 20.3. The molecule has 0 spiro atoms. The second-order valence-corrected chi connectivity index (χ2v) is 15.6. The van der Waals surface area contributed by atoms with Crippen molar-refractivity contribution in [3.8, 4) is 33.4 Å². The summed E-state index contributed by atoms with van der Waals surface area (Å²) < 4.78 is 0. The maximum Gasteiger partial charge on any atom is 0.0736 e. The van der Waals surface area contributed by atoms with Crippen LogP contribution >= 0.6 is 0 Å². The Labute approximate surface area is 336 Å². The highest BCUT2D eigenvalue weighted by Gasteiger charge is 2.49. The lowest BCUT2D eigenvalue weighted by Gasteiger charge is -2.36. The van der Waals surface area contributed by atoms with Crippen LogP contribution in [-0.4, -0.2) is 0 Å². The summed E-state index contributed by atoms with van der Waals surface area (Å²) in [5.74, 6) is 0. The lowest BCUT2D eigenvalue weighted by molar-refractivity contribution is 0.762. The Morgan fingerprint density at radius 2 is 1.23 bits per heavy atom. The van der Waals surface area contributed by atoms with Crippen molar-refractivity contribution in [1.29, 1.82) is 0 Å². The summed E-state index contributed by atoms with van der Waals surface area (Å²) in [6.45, 7) is 4.58. The number of hydrogen-bond acceptors (Lipinski definition) is 1. The predicted octanol–water partition coefficient (Wildman–Crippen LogP) is 14.0. The third-order valence-electron chi connectivity index (χ3n) is 12.7. The number of nitrogens with two attached hydrogens (primary N) is 1. The molecule has 3 aliphatic carbocycles. The molecule has 1 nitrogen and oxygen atoms in total. The minimum Gasteiger partial charge on any atom is -0.398 e. The molecule has 0 bridgehead atoms. The summed E-state index contributed by atoms with van der Waals surface area (Å²) in [7, 11) is 0. The van der Waals surface area contributed by atoms with Gasteiger partial charge in [-0.05, 0) is 138 Å². The van der Waals surface area contributed by atoms with E-state index in [-0.39, 0.29) is 0 Å². The van der Waals surface area contributed by atoms with Crippen molar-refractivity contribution in [2.24, 2.45) is 0 Å². The first-order valence-corrected chi connectivity index (χ1v) is 20.3. The van der Waals surface area contributed by atoms with E-state index in [1.54, 1.807) is 0 Å². The molecule has 0 saturated carbocycles. The lowest BCUT2D eigenvalue weighted by Crippen LogP contribution is -2.31. The van der Waals surface area contributed by atoms with E-state index in [1.165, 1.54) is 94.6 Å². The highest BCUT2D eigenvalue weighted by Crippen LogP contribution is 2.59. The molecule has 274 valence electrons. The van der Waals surface area contributed by atoms with Crippen LogP contribution in [0.15, 0.2) is 199 Å². The topological polar surface area (TPSA) is 26.0 Å². The number of rotatable bonds is 7. The molecule has 1 heteroatoms. The fraction of sp³-hybridized carbons (Fsp3) is 0.107. The van der Waals surface area contributed by atoms with Crippen molar-refractivity contribution < 1.29 is 0 Å². The minimum absolute atomic E-state index is 0.597. The molecule has 0 amide bonds. The van der Waals surface area contributed by atoms with E-state index < -0.39 is 5.41 Å². The van der Waals surface area contributed by atoms with Crippen LogP contribution < -0.4 is 5.73 Å². The van der Waals surface area contributed by atoms with Crippen LogP contribution in [0.5, 0.6) is 0 Å². The van der Waals surface area contributed by atoms with Crippen LogP contribution in [0.3, 0.4) is 0 Å². The largest absolute Gasteiger partial charge is 0.398 e. The SMILES string of the molecule is CCC(=C(/C)c1ccc(-c2ccc3c(c2)C(c2ccccc2N)(c2cccc4c2Cc2ccccc2-4)c2ccccc2-3)cc1)/C(=C1/C=CC=CC1)c1ccccc1.